The Morgan fingerprint density at radius 3 is 2.45 bits per heavy atom. The molecule has 0 bridgehead atoms. The Labute approximate surface area is 136 Å². The molecule has 2 rings (SSSR count). The zero-order valence-corrected chi connectivity index (χ0v) is 13.5. The van der Waals surface area contributed by atoms with Crippen molar-refractivity contribution in [1.82, 2.24) is 0 Å². The highest BCUT2D eigenvalue weighted by Gasteiger charge is 2.15. The van der Waals surface area contributed by atoms with Crippen LogP contribution in [0.2, 0.25) is 0 Å². The molecule has 0 aliphatic carbocycles. The quantitative estimate of drug-likeness (QED) is 0.857. The van der Waals surface area contributed by atoms with Gasteiger partial charge in [-0.1, -0.05) is 22.0 Å². The number of primary amides is 1. The van der Waals surface area contributed by atoms with Crippen molar-refractivity contribution in [3.8, 4) is 5.75 Å². The number of benzene rings is 2. The van der Waals surface area contributed by atoms with Crippen molar-refractivity contribution < 1.29 is 14.3 Å². The van der Waals surface area contributed by atoms with Crippen LogP contribution < -0.4 is 15.8 Å². The number of carbonyl (C=O) groups is 2. The SMILES string of the molecule is CC(Oc1ccc(C(N)=O)cc1)C(=O)Nc1cccc(Br)c1. The van der Waals surface area contributed by atoms with Crippen LogP contribution in [0.15, 0.2) is 53.0 Å². The fourth-order valence-corrected chi connectivity index (χ4v) is 2.16. The zero-order valence-electron chi connectivity index (χ0n) is 11.9. The summed E-state index contributed by atoms with van der Waals surface area (Å²) < 4.78 is 6.41. The molecule has 0 saturated carbocycles. The molecule has 0 saturated heterocycles. The molecule has 3 N–H and O–H groups in total. The van der Waals surface area contributed by atoms with E-state index in [1.54, 1.807) is 43.3 Å². The number of ether oxygens (including phenoxy) is 1. The van der Waals surface area contributed by atoms with E-state index in [2.05, 4.69) is 21.2 Å². The average molecular weight is 363 g/mol. The number of anilines is 1. The molecule has 1 unspecified atom stereocenters. The summed E-state index contributed by atoms with van der Waals surface area (Å²) in [4.78, 5) is 23.1. The second-order valence-corrected chi connectivity index (χ2v) is 5.56. The molecule has 2 aromatic carbocycles. The maximum Gasteiger partial charge on any atom is 0.265 e. The molecular weight excluding hydrogens is 348 g/mol. The first-order valence-electron chi connectivity index (χ1n) is 6.58. The topological polar surface area (TPSA) is 81.4 Å². The van der Waals surface area contributed by atoms with E-state index in [0.29, 0.717) is 17.0 Å². The standard InChI is InChI=1S/C16H15BrN2O3/c1-10(16(21)19-13-4-2-3-12(17)9-13)22-14-7-5-11(6-8-14)15(18)20/h2-10H,1H3,(H2,18,20)(H,19,21). The second-order valence-electron chi connectivity index (χ2n) is 4.65. The molecule has 0 aliphatic rings. The van der Waals surface area contributed by atoms with Gasteiger partial charge < -0.3 is 15.8 Å². The Morgan fingerprint density at radius 2 is 1.86 bits per heavy atom. The van der Waals surface area contributed by atoms with Crippen LogP contribution in [0.4, 0.5) is 5.69 Å². The molecule has 114 valence electrons. The van der Waals surface area contributed by atoms with E-state index in [-0.39, 0.29) is 5.91 Å². The van der Waals surface area contributed by atoms with Gasteiger partial charge in [-0.05, 0) is 49.4 Å². The number of rotatable bonds is 5. The zero-order chi connectivity index (χ0) is 16.1. The normalized spacial score (nSPS) is 11.5. The maximum atomic E-state index is 12.1. The largest absolute Gasteiger partial charge is 0.481 e. The molecule has 2 amide bonds. The molecule has 0 fully saturated rings. The van der Waals surface area contributed by atoms with Gasteiger partial charge in [0, 0.05) is 15.7 Å². The van der Waals surface area contributed by atoms with Gasteiger partial charge in [-0.3, -0.25) is 9.59 Å². The van der Waals surface area contributed by atoms with Crippen molar-refractivity contribution in [2.24, 2.45) is 5.73 Å². The fraction of sp³-hybridized carbons (Fsp3) is 0.125. The van der Waals surface area contributed by atoms with E-state index >= 15 is 0 Å². The molecule has 1 atom stereocenters. The van der Waals surface area contributed by atoms with E-state index in [0.717, 1.165) is 4.47 Å². The van der Waals surface area contributed by atoms with E-state index in [1.165, 1.54) is 0 Å². The summed E-state index contributed by atoms with van der Waals surface area (Å²) in [6.45, 7) is 1.65. The van der Waals surface area contributed by atoms with E-state index in [4.69, 9.17) is 10.5 Å². The van der Waals surface area contributed by atoms with E-state index in [9.17, 15) is 9.59 Å². The van der Waals surface area contributed by atoms with Gasteiger partial charge >= 0.3 is 0 Å². The summed E-state index contributed by atoms with van der Waals surface area (Å²) in [5.41, 5.74) is 6.23. The summed E-state index contributed by atoms with van der Waals surface area (Å²) in [6, 6.07) is 13.6. The van der Waals surface area contributed by atoms with Crippen LogP contribution in [0.5, 0.6) is 5.75 Å². The Balaban J connectivity index is 1.97. The van der Waals surface area contributed by atoms with Gasteiger partial charge in [0.05, 0.1) is 0 Å². The smallest absolute Gasteiger partial charge is 0.265 e. The maximum absolute atomic E-state index is 12.1. The van der Waals surface area contributed by atoms with Crippen LogP contribution in [0.1, 0.15) is 17.3 Å². The number of nitrogens with one attached hydrogen (secondary N) is 1. The predicted octanol–water partition coefficient (Wildman–Crippen LogP) is 2.95. The molecule has 0 radical (unpaired) electrons. The van der Waals surface area contributed by atoms with Crippen LogP contribution in [0, 0.1) is 0 Å². The van der Waals surface area contributed by atoms with Crippen molar-refractivity contribution in [3.05, 3.63) is 58.6 Å². The van der Waals surface area contributed by atoms with Crippen LogP contribution in [-0.2, 0) is 4.79 Å². The lowest BCUT2D eigenvalue weighted by Gasteiger charge is -2.15. The highest BCUT2D eigenvalue weighted by molar-refractivity contribution is 9.10. The minimum atomic E-state index is -0.682. The first-order valence-corrected chi connectivity index (χ1v) is 7.38. The molecule has 6 heteroatoms. The Kier molecular flexibility index (Phi) is 5.16. The van der Waals surface area contributed by atoms with Crippen LogP contribution in [0.3, 0.4) is 0 Å². The van der Waals surface area contributed by atoms with Crippen molar-refractivity contribution in [2.45, 2.75) is 13.0 Å². The summed E-state index contributed by atoms with van der Waals surface area (Å²) in [5.74, 6) is -0.286. The first-order chi connectivity index (χ1) is 10.5. The summed E-state index contributed by atoms with van der Waals surface area (Å²) in [6.07, 6.45) is -0.682. The number of halogens is 1. The molecule has 22 heavy (non-hydrogen) atoms. The van der Waals surface area contributed by atoms with Crippen molar-refractivity contribution in [2.75, 3.05) is 5.32 Å². The third-order valence-electron chi connectivity index (χ3n) is 2.91. The summed E-state index contributed by atoms with van der Waals surface area (Å²) >= 11 is 3.34. The van der Waals surface area contributed by atoms with Gasteiger partial charge in [0.15, 0.2) is 6.10 Å². The van der Waals surface area contributed by atoms with Crippen molar-refractivity contribution in [1.29, 1.82) is 0 Å². The fourth-order valence-electron chi connectivity index (χ4n) is 1.77. The predicted molar refractivity (Wildman–Crippen MR) is 87.8 cm³/mol. The van der Waals surface area contributed by atoms with Gasteiger partial charge in [-0.25, -0.2) is 0 Å². The van der Waals surface area contributed by atoms with E-state index < -0.39 is 12.0 Å². The van der Waals surface area contributed by atoms with Crippen LogP contribution >= 0.6 is 15.9 Å². The minimum Gasteiger partial charge on any atom is -0.481 e. The van der Waals surface area contributed by atoms with Gasteiger partial charge in [0.25, 0.3) is 5.91 Å². The number of carbonyl (C=O) groups excluding carboxylic acids is 2. The van der Waals surface area contributed by atoms with Gasteiger partial charge in [0.1, 0.15) is 5.75 Å². The molecule has 2 aromatic rings. The lowest BCUT2D eigenvalue weighted by molar-refractivity contribution is -0.122. The highest BCUT2D eigenvalue weighted by Crippen LogP contribution is 2.17. The van der Waals surface area contributed by atoms with Gasteiger partial charge in [-0.15, -0.1) is 0 Å². The minimum absolute atomic E-state index is 0.267. The summed E-state index contributed by atoms with van der Waals surface area (Å²) in [5, 5.41) is 2.76. The number of hydrogen-bond acceptors (Lipinski definition) is 3. The van der Waals surface area contributed by atoms with Gasteiger partial charge in [0.2, 0.25) is 5.91 Å². The molecular formula is C16H15BrN2O3. The monoisotopic (exact) mass is 362 g/mol. The third kappa shape index (κ3) is 4.33. The van der Waals surface area contributed by atoms with Crippen molar-refractivity contribution >= 4 is 33.4 Å². The number of hydrogen-bond donors (Lipinski definition) is 2. The molecule has 0 spiro atoms. The lowest BCUT2D eigenvalue weighted by Crippen LogP contribution is -2.30. The molecule has 0 heterocycles. The molecule has 0 aromatic heterocycles. The summed E-state index contributed by atoms with van der Waals surface area (Å²) in [7, 11) is 0. The number of nitrogens with two attached hydrogens (primary N) is 1. The van der Waals surface area contributed by atoms with Gasteiger partial charge in [-0.2, -0.15) is 0 Å². The number of amides is 2. The Bertz CT molecular complexity index is 686. The Hall–Kier alpha value is -2.34. The lowest BCUT2D eigenvalue weighted by atomic mass is 10.2. The second kappa shape index (κ2) is 7.09. The highest BCUT2D eigenvalue weighted by atomic mass is 79.9. The molecule has 0 aliphatic heterocycles. The van der Waals surface area contributed by atoms with Crippen LogP contribution in [0.25, 0.3) is 0 Å². The first kappa shape index (κ1) is 16.0. The third-order valence-corrected chi connectivity index (χ3v) is 3.41. The van der Waals surface area contributed by atoms with Crippen molar-refractivity contribution in [3.63, 3.8) is 0 Å². The molecule has 5 nitrogen and oxygen atoms in total. The van der Waals surface area contributed by atoms with E-state index in [1.807, 2.05) is 12.1 Å². The average Bonchev–Trinajstić information content (AvgIpc) is 2.47. The Morgan fingerprint density at radius 1 is 1.18 bits per heavy atom. The van der Waals surface area contributed by atoms with Crippen LogP contribution in [-0.4, -0.2) is 17.9 Å².